The van der Waals surface area contributed by atoms with Crippen LogP contribution in [0.3, 0.4) is 0 Å². The molecule has 0 spiro atoms. The van der Waals surface area contributed by atoms with Gasteiger partial charge in [0.2, 0.25) is 5.91 Å². The monoisotopic (exact) mass is 319 g/mol. The normalized spacial score (nSPS) is 20.9. The second-order valence-electron chi connectivity index (χ2n) is 5.98. The van der Waals surface area contributed by atoms with Gasteiger partial charge in [-0.2, -0.15) is 5.10 Å². The van der Waals surface area contributed by atoms with Crippen molar-refractivity contribution < 1.29 is 9.59 Å². The quantitative estimate of drug-likeness (QED) is 0.927. The summed E-state index contributed by atoms with van der Waals surface area (Å²) >= 11 is 1.69. The zero-order chi connectivity index (χ0) is 15.5. The maximum Gasteiger partial charge on any atom is 0.268 e. The van der Waals surface area contributed by atoms with E-state index in [-0.39, 0.29) is 17.9 Å². The average Bonchev–Trinajstić information content (AvgIpc) is 3.20. The minimum atomic E-state index is -0.135. The van der Waals surface area contributed by atoms with E-state index in [2.05, 4.69) is 16.5 Å². The van der Waals surface area contributed by atoms with Crippen LogP contribution in [0.2, 0.25) is 0 Å². The molecule has 2 amide bonds. The lowest BCUT2D eigenvalue weighted by Gasteiger charge is -2.25. The summed E-state index contributed by atoms with van der Waals surface area (Å²) < 4.78 is 0. The van der Waals surface area contributed by atoms with Crippen LogP contribution in [0, 0.1) is 5.92 Å². The molecule has 0 radical (unpaired) electrons. The fourth-order valence-corrected chi connectivity index (χ4v) is 4.11. The van der Waals surface area contributed by atoms with Gasteiger partial charge in [0, 0.05) is 24.8 Å². The summed E-state index contributed by atoms with van der Waals surface area (Å²) in [5.41, 5.74) is 0.460. The van der Waals surface area contributed by atoms with Gasteiger partial charge >= 0.3 is 0 Å². The van der Waals surface area contributed by atoms with Gasteiger partial charge in [-0.25, -0.2) is 5.01 Å². The summed E-state index contributed by atoms with van der Waals surface area (Å²) in [4.78, 5) is 25.2. The Bertz CT molecular complexity index is 576. The van der Waals surface area contributed by atoms with Gasteiger partial charge in [0.25, 0.3) is 5.91 Å². The zero-order valence-electron chi connectivity index (χ0n) is 12.7. The van der Waals surface area contributed by atoms with Crippen LogP contribution in [-0.4, -0.2) is 29.6 Å². The number of thiophene rings is 1. The first kappa shape index (κ1) is 15.2. The number of hydrazone groups is 1. The summed E-state index contributed by atoms with van der Waals surface area (Å²) in [6.45, 7) is 0. The van der Waals surface area contributed by atoms with Crippen molar-refractivity contribution in [2.45, 2.75) is 44.6 Å². The standard InChI is InChI=1S/C16H21N3O2S/c1-19-14(20)9-8-12(18-19)16(21)17-15(11-5-2-3-6-11)13-7-4-10-22-13/h4,7,10-11,15H,2-3,5-6,8-9H2,1H3,(H,17,21)/t15-/m0/s1. The molecule has 0 saturated heterocycles. The second kappa shape index (κ2) is 6.60. The molecule has 2 heterocycles. The van der Waals surface area contributed by atoms with Crippen LogP contribution in [0.1, 0.15) is 49.4 Å². The third-order valence-electron chi connectivity index (χ3n) is 4.48. The minimum Gasteiger partial charge on any atom is -0.343 e. The van der Waals surface area contributed by atoms with Gasteiger partial charge in [-0.15, -0.1) is 11.3 Å². The first-order valence-electron chi connectivity index (χ1n) is 7.83. The Balaban J connectivity index is 1.74. The van der Waals surface area contributed by atoms with Crippen LogP contribution >= 0.6 is 11.3 Å². The Hall–Kier alpha value is -1.69. The van der Waals surface area contributed by atoms with E-state index < -0.39 is 0 Å². The molecule has 1 N–H and O–H groups in total. The molecule has 3 rings (SSSR count). The number of nitrogens with one attached hydrogen (secondary N) is 1. The summed E-state index contributed by atoms with van der Waals surface area (Å²) in [6.07, 6.45) is 5.58. The molecule has 1 atom stereocenters. The molecule has 6 heteroatoms. The summed E-state index contributed by atoms with van der Waals surface area (Å²) in [7, 11) is 1.60. The molecule has 0 bridgehead atoms. The molecule has 1 aromatic heterocycles. The molecule has 1 fully saturated rings. The maximum absolute atomic E-state index is 12.5. The maximum atomic E-state index is 12.5. The Labute approximate surface area is 134 Å². The van der Waals surface area contributed by atoms with E-state index in [4.69, 9.17) is 0 Å². The molecule has 1 saturated carbocycles. The van der Waals surface area contributed by atoms with Crippen molar-refractivity contribution >= 4 is 28.9 Å². The number of carbonyl (C=O) groups excluding carboxylic acids is 2. The lowest BCUT2D eigenvalue weighted by atomic mass is 9.96. The minimum absolute atomic E-state index is 0.0397. The van der Waals surface area contributed by atoms with Crippen molar-refractivity contribution in [2.75, 3.05) is 7.05 Å². The van der Waals surface area contributed by atoms with Gasteiger partial charge in [-0.05, 0) is 30.2 Å². The highest BCUT2D eigenvalue weighted by Crippen LogP contribution is 2.37. The number of hydrogen-bond donors (Lipinski definition) is 1. The molecular weight excluding hydrogens is 298 g/mol. The number of amides is 2. The van der Waals surface area contributed by atoms with Crippen molar-refractivity contribution in [1.82, 2.24) is 10.3 Å². The second-order valence-corrected chi connectivity index (χ2v) is 6.95. The highest BCUT2D eigenvalue weighted by molar-refractivity contribution is 7.10. The topological polar surface area (TPSA) is 61.8 Å². The number of hydrogen-bond acceptors (Lipinski definition) is 4. The SMILES string of the molecule is CN1N=C(C(=O)N[C@H](c2cccs2)C2CCCC2)CCC1=O. The number of rotatable bonds is 4. The lowest BCUT2D eigenvalue weighted by Crippen LogP contribution is -2.40. The van der Waals surface area contributed by atoms with Crippen molar-refractivity contribution in [1.29, 1.82) is 0 Å². The first-order chi connectivity index (χ1) is 10.6. The molecule has 0 unspecified atom stereocenters. The number of nitrogens with zero attached hydrogens (tertiary/aromatic N) is 2. The largest absolute Gasteiger partial charge is 0.343 e. The van der Waals surface area contributed by atoms with Gasteiger partial charge in [0.1, 0.15) is 5.71 Å². The van der Waals surface area contributed by atoms with Crippen LogP contribution in [-0.2, 0) is 9.59 Å². The van der Waals surface area contributed by atoms with Crippen molar-refractivity contribution in [3.63, 3.8) is 0 Å². The zero-order valence-corrected chi connectivity index (χ0v) is 13.6. The predicted octanol–water partition coefficient (Wildman–Crippen LogP) is 2.70. The predicted molar refractivity (Wildman–Crippen MR) is 86.6 cm³/mol. The highest BCUT2D eigenvalue weighted by atomic mass is 32.1. The molecule has 1 aliphatic heterocycles. The van der Waals surface area contributed by atoms with Gasteiger partial charge in [-0.1, -0.05) is 18.9 Å². The highest BCUT2D eigenvalue weighted by Gasteiger charge is 2.30. The molecule has 1 aliphatic carbocycles. The molecular formula is C16H21N3O2S. The average molecular weight is 319 g/mol. The third kappa shape index (κ3) is 3.21. The van der Waals surface area contributed by atoms with Crippen molar-refractivity contribution in [2.24, 2.45) is 11.0 Å². The van der Waals surface area contributed by atoms with Crippen LogP contribution in [0.4, 0.5) is 0 Å². The number of carbonyl (C=O) groups is 2. The van der Waals surface area contributed by atoms with Gasteiger partial charge in [0.05, 0.1) is 6.04 Å². The molecule has 22 heavy (non-hydrogen) atoms. The lowest BCUT2D eigenvalue weighted by molar-refractivity contribution is -0.130. The Morgan fingerprint density at radius 2 is 2.18 bits per heavy atom. The van der Waals surface area contributed by atoms with Crippen molar-refractivity contribution in [3.05, 3.63) is 22.4 Å². The first-order valence-corrected chi connectivity index (χ1v) is 8.71. The van der Waals surface area contributed by atoms with Crippen molar-refractivity contribution in [3.8, 4) is 0 Å². The van der Waals surface area contributed by atoms with Crippen LogP contribution < -0.4 is 5.32 Å². The van der Waals surface area contributed by atoms with E-state index in [1.165, 1.54) is 22.7 Å². The molecule has 2 aliphatic rings. The Morgan fingerprint density at radius 3 is 2.82 bits per heavy atom. The Morgan fingerprint density at radius 1 is 1.41 bits per heavy atom. The smallest absolute Gasteiger partial charge is 0.268 e. The van der Waals surface area contributed by atoms with Crippen LogP contribution in [0.25, 0.3) is 0 Å². The van der Waals surface area contributed by atoms with E-state index in [9.17, 15) is 9.59 Å². The molecule has 0 aromatic carbocycles. The molecule has 5 nitrogen and oxygen atoms in total. The summed E-state index contributed by atoms with van der Waals surface area (Å²) in [5, 5.41) is 10.6. The molecule has 118 valence electrons. The van der Waals surface area contributed by atoms with Crippen LogP contribution in [0.5, 0.6) is 0 Å². The summed E-state index contributed by atoms with van der Waals surface area (Å²) in [6, 6.07) is 4.19. The van der Waals surface area contributed by atoms with E-state index in [0.29, 0.717) is 24.5 Å². The van der Waals surface area contributed by atoms with E-state index >= 15 is 0 Å². The third-order valence-corrected chi connectivity index (χ3v) is 5.43. The Kier molecular flexibility index (Phi) is 4.57. The van der Waals surface area contributed by atoms with Gasteiger partial charge in [0.15, 0.2) is 0 Å². The van der Waals surface area contributed by atoms with Gasteiger partial charge in [-0.3, -0.25) is 9.59 Å². The van der Waals surface area contributed by atoms with Crippen LogP contribution in [0.15, 0.2) is 22.6 Å². The van der Waals surface area contributed by atoms with E-state index in [1.54, 1.807) is 18.4 Å². The van der Waals surface area contributed by atoms with E-state index in [0.717, 1.165) is 12.8 Å². The molecule has 1 aromatic rings. The summed E-state index contributed by atoms with van der Waals surface area (Å²) in [5.74, 6) is 0.331. The fraction of sp³-hybridized carbons (Fsp3) is 0.562. The van der Waals surface area contributed by atoms with E-state index in [1.807, 2.05) is 11.4 Å². The fourth-order valence-electron chi connectivity index (χ4n) is 3.24. The van der Waals surface area contributed by atoms with Gasteiger partial charge < -0.3 is 5.32 Å².